The van der Waals surface area contributed by atoms with Crippen molar-refractivity contribution in [3.63, 3.8) is 0 Å². The Hall–Kier alpha value is -0.970. The summed E-state index contributed by atoms with van der Waals surface area (Å²) >= 11 is 0. The number of carbonyl (C=O) groups is 1. The second-order valence-corrected chi connectivity index (χ2v) is 5.13. The Labute approximate surface area is 105 Å². The third-order valence-corrected chi connectivity index (χ3v) is 3.13. The Balaban J connectivity index is 4.24. The fraction of sp³-hybridized carbons (Fsp3) is 0.700. The van der Waals surface area contributed by atoms with Gasteiger partial charge in [-0.2, -0.15) is 0 Å². The summed E-state index contributed by atoms with van der Waals surface area (Å²) in [5.74, 6) is 0.564. The van der Waals surface area contributed by atoms with E-state index in [1.54, 1.807) is 13.8 Å². The van der Waals surface area contributed by atoms with Crippen molar-refractivity contribution in [1.82, 2.24) is 0 Å². The smallest absolute Gasteiger partial charge is 0.345 e. The van der Waals surface area contributed by atoms with Crippen LogP contribution < -0.4 is 0 Å². The van der Waals surface area contributed by atoms with Crippen LogP contribution in [0.5, 0.6) is 0 Å². The van der Waals surface area contributed by atoms with E-state index in [1.165, 1.54) is 5.94 Å². The quantitative estimate of drug-likeness (QED) is 0.167. The maximum Gasteiger partial charge on any atom is 0.345 e. The average molecular weight is 280 g/mol. The van der Waals surface area contributed by atoms with Crippen LogP contribution in [0.15, 0.2) is 5.57 Å². The topological polar surface area (TPSA) is 99.1 Å². The molecule has 0 saturated carbocycles. The van der Waals surface area contributed by atoms with Crippen LogP contribution in [-0.4, -0.2) is 43.0 Å². The minimum atomic E-state index is -3.88. The molecule has 1 atom stereocenters. The molecule has 0 spiro atoms. The molecule has 7 nitrogen and oxygen atoms in total. The Morgan fingerprint density at radius 1 is 1.33 bits per heavy atom. The molecule has 0 fully saturated rings. The summed E-state index contributed by atoms with van der Waals surface area (Å²) in [5, 5.41) is 0. The molecule has 0 aromatic rings. The first-order valence-corrected chi connectivity index (χ1v) is 7.18. The lowest BCUT2D eigenvalue weighted by molar-refractivity contribution is -0.138. The molecule has 0 aromatic heterocycles. The molecule has 0 aliphatic heterocycles. The van der Waals surface area contributed by atoms with Crippen molar-refractivity contribution in [3.8, 4) is 0 Å². The third-order valence-electron chi connectivity index (χ3n) is 1.83. The SMILES string of the molecule is CCOCOP(=O)(O)CCC(=C=O)C(=O)OCC. The molecule has 104 valence electrons. The first kappa shape index (κ1) is 17.0. The van der Waals surface area contributed by atoms with Crippen LogP contribution in [0.25, 0.3) is 0 Å². The van der Waals surface area contributed by atoms with Crippen molar-refractivity contribution >= 4 is 19.5 Å². The zero-order valence-electron chi connectivity index (χ0n) is 10.4. The molecule has 0 aromatic carbocycles. The van der Waals surface area contributed by atoms with Crippen LogP contribution in [0, 0.1) is 0 Å². The van der Waals surface area contributed by atoms with Gasteiger partial charge in [-0.3, -0.25) is 9.09 Å². The van der Waals surface area contributed by atoms with E-state index >= 15 is 0 Å². The molecular weight excluding hydrogens is 263 g/mol. The fourth-order valence-electron chi connectivity index (χ4n) is 0.934. The van der Waals surface area contributed by atoms with Crippen molar-refractivity contribution in [1.29, 1.82) is 0 Å². The predicted molar refractivity (Wildman–Crippen MR) is 62.7 cm³/mol. The van der Waals surface area contributed by atoms with Gasteiger partial charge in [-0.15, -0.1) is 0 Å². The van der Waals surface area contributed by atoms with Gasteiger partial charge in [0, 0.05) is 13.0 Å². The Morgan fingerprint density at radius 3 is 2.50 bits per heavy atom. The van der Waals surface area contributed by atoms with Gasteiger partial charge in [-0.1, -0.05) is 0 Å². The van der Waals surface area contributed by atoms with Gasteiger partial charge in [-0.25, -0.2) is 9.59 Å². The van der Waals surface area contributed by atoms with Gasteiger partial charge in [0.1, 0.15) is 11.5 Å². The highest BCUT2D eigenvalue weighted by Gasteiger charge is 2.22. The van der Waals surface area contributed by atoms with E-state index in [2.05, 4.69) is 9.26 Å². The van der Waals surface area contributed by atoms with E-state index in [0.717, 1.165) is 0 Å². The van der Waals surface area contributed by atoms with Gasteiger partial charge in [0.2, 0.25) is 0 Å². The summed E-state index contributed by atoms with van der Waals surface area (Å²) in [6.45, 7) is 3.44. The van der Waals surface area contributed by atoms with Gasteiger partial charge in [0.25, 0.3) is 0 Å². The van der Waals surface area contributed by atoms with Gasteiger partial charge >= 0.3 is 13.6 Å². The van der Waals surface area contributed by atoms with Gasteiger partial charge in [0.15, 0.2) is 6.79 Å². The summed E-state index contributed by atoms with van der Waals surface area (Å²) in [6.07, 6.45) is -0.605. The lowest BCUT2D eigenvalue weighted by Crippen LogP contribution is -2.10. The maximum atomic E-state index is 11.4. The molecule has 0 heterocycles. The number of hydrogen-bond donors (Lipinski definition) is 1. The predicted octanol–water partition coefficient (Wildman–Crippen LogP) is 0.894. The summed E-state index contributed by atoms with van der Waals surface area (Å²) in [5.41, 5.74) is -0.314. The van der Waals surface area contributed by atoms with Crippen LogP contribution in [0.3, 0.4) is 0 Å². The van der Waals surface area contributed by atoms with Crippen LogP contribution in [0.2, 0.25) is 0 Å². The van der Waals surface area contributed by atoms with E-state index in [0.29, 0.717) is 6.61 Å². The number of esters is 1. The molecular formula is C10H17O7P. The fourth-order valence-corrected chi connectivity index (χ4v) is 1.81. The van der Waals surface area contributed by atoms with Crippen molar-refractivity contribution in [2.24, 2.45) is 0 Å². The van der Waals surface area contributed by atoms with Crippen LogP contribution in [-0.2, 0) is 28.2 Å². The Morgan fingerprint density at radius 2 is 2.00 bits per heavy atom. The number of rotatable bonds is 9. The number of ether oxygens (including phenoxy) is 2. The molecule has 0 aliphatic carbocycles. The lowest BCUT2D eigenvalue weighted by Gasteiger charge is -2.11. The van der Waals surface area contributed by atoms with E-state index in [1.807, 2.05) is 0 Å². The molecule has 0 saturated heterocycles. The highest BCUT2D eigenvalue weighted by Crippen LogP contribution is 2.42. The Kier molecular flexibility index (Phi) is 8.54. The van der Waals surface area contributed by atoms with Gasteiger partial charge < -0.3 is 14.4 Å². The van der Waals surface area contributed by atoms with Crippen molar-refractivity contribution in [2.45, 2.75) is 20.3 Å². The second kappa shape index (κ2) is 9.03. The minimum Gasteiger partial charge on any atom is -0.462 e. The average Bonchev–Trinajstić information content (AvgIpc) is 2.30. The monoisotopic (exact) mass is 280 g/mol. The standard InChI is InChI=1S/C10H17O7P/c1-3-15-8-17-18(13,14)6-5-9(7-11)10(12)16-4-2/h3-6,8H2,1-2H3,(H,13,14). The molecule has 0 bridgehead atoms. The van der Waals surface area contributed by atoms with E-state index in [-0.39, 0.29) is 31.6 Å². The van der Waals surface area contributed by atoms with E-state index in [9.17, 15) is 19.0 Å². The van der Waals surface area contributed by atoms with Crippen LogP contribution in [0.1, 0.15) is 20.3 Å². The number of carbonyl (C=O) groups excluding carboxylic acids is 2. The first-order valence-electron chi connectivity index (χ1n) is 5.42. The second-order valence-electron chi connectivity index (χ2n) is 3.15. The van der Waals surface area contributed by atoms with E-state index < -0.39 is 13.6 Å². The van der Waals surface area contributed by atoms with Crippen LogP contribution in [0.4, 0.5) is 0 Å². The highest BCUT2D eigenvalue weighted by molar-refractivity contribution is 7.52. The molecule has 0 rings (SSSR count). The van der Waals surface area contributed by atoms with Gasteiger partial charge in [-0.05, 0) is 13.8 Å². The molecule has 18 heavy (non-hydrogen) atoms. The summed E-state index contributed by atoms with van der Waals surface area (Å²) < 4.78 is 25.4. The normalized spacial score (nSPS) is 13.5. The van der Waals surface area contributed by atoms with Gasteiger partial charge in [0.05, 0.1) is 12.8 Å². The number of hydrogen-bond acceptors (Lipinski definition) is 6. The zero-order chi connectivity index (χ0) is 14.0. The highest BCUT2D eigenvalue weighted by atomic mass is 31.2. The molecule has 0 radical (unpaired) electrons. The largest absolute Gasteiger partial charge is 0.462 e. The third kappa shape index (κ3) is 7.37. The lowest BCUT2D eigenvalue weighted by atomic mass is 10.2. The van der Waals surface area contributed by atoms with E-state index in [4.69, 9.17) is 4.74 Å². The first-order chi connectivity index (χ1) is 8.46. The molecule has 0 aliphatic rings. The summed E-state index contributed by atoms with van der Waals surface area (Å²) in [4.78, 5) is 31.0. The summed E-state index contributed by atoms with van der Waals surface area (Å²) in [6, 6.07) is 0. The molecule has 1 unspecified atom stereocenters. The molecule has 1 N–H and O–H groups in total. The Bertz CT molecular complexity index is 359. The summed E-state index contributed by atoms with van der Waals surface area (Å²) in [7, 11) is -3.88. The maximum absolute atomic E-state index is 11.4. The van der Waals surface area contributed by atoms with Crippen molar-refractivity contribution < 1.29 is 33.0 Å². The van der Waals surface area contributed by atoms with Crippen LogP contribution >= 0.6 is 7.60 Å². The van der Waals surface area contributed by atoms with Crippen molar-refractivity contribution in [3.05, 3.63) is 5.57 Å². The van der Waals surface area contributed by atoms with Crippen molar-refractivity contribution in [2.75, 3.05) is 26.2 Å². The molecule has 8 heteroatoms. The zero-order valence-corrected chi connectivity index (χ0v) is 11.3. The minimum absolute atomic E-state index is 0.113. The molecule has 0 amide bonds.